The molecule has 2 nitrogen and oxygen atoms in total. The maximum Gasteiger partial charge on any atom is 0.132 e. The van der Waals surface area contributed by atoms with Crippen molar-refractivity contribution >= 4 is 37.7 Å². The highest BCUT2D eigenvalue weighted by molar-refractivity contribution is 9.10. The maximum atomic E-state index is 12.0. The highest BCUT2D eigenvalue weighted by atomic mass is 79.9. The Bertz CT molecular complexity index is 1620. The van der Waals surface area contributed by atoms with Crippen LogP contribution in [0.25, 0.3) is 55.2 Å². The normalized spacial score (nSPS) is 11.3. The molecule has 5 aromatic carbocycles. The number of rotatable bonds is 3. The van der Waals surface area contributed by atoms with Gasteiger partial charge >= 0.3 is 0 Å². The van der Waals surface area contributed by atoms with Crippen LogP contribution < -0.4 is 0 Å². The first-order valence-corrected chi connectivity index (χ1v) is 11.7. The zero-order valence-corrected chi connectivity index (χ0v) is 19.3. The summed E-state index contributed by atoms with van der Waals surface area (Å²) in [5.74, 6) is 0.287. The number of H-pyrrole nitrogens is 1. The Labute approximate surface area is 200 Å². The second-order valence-corrected chi connectivity index (χ2v) is 8.96. The van der Waals surface area contributed by atoms with E-state index in [-0.39, 0.29) is 5.75 Å². The lowest BCUT2D eigenvalue weighted by molar-refractivity contribution is 0.480. The van der Waals surface area contributed by atoms with E-state index in [9.17, 15) is 5.11 Å². The molecule has 6 rings (SSSR count). The predicted molar refractivity (Wildman–Crippen MR) is 141 cm³/mol. The van der Waals surface area contributed by atoms with Crippen LogP contribution in [0.5, 0.6) is 5.75 Å². The number of phenolic OH excluding ortho intramolecular Hbond substituents is 1. The summed E-state index contributed by atoms with van der Waals surface area (Å²) < 4.78 is 0.981. The number of hydrogen-bond acceptors (Lipinski definition) is 1. The highest BCUT2D eigenvalue weighted by Gasteiger charge is 2.25. The Hall–Kier alpha value is -3.82. The molecule has 0 atom stereocenters. The molecule has 158 valence electrons. The molecular weight excluding hydrogens is 470 g/mol. The van der Waals surface area contributed by atoms with Crippen LogP contribution >= 0.6 is 15.9 Å². The van der Waals surface area contributed by atoms with Gasteiger partial charge in [-0.2, -0.15) is 0 Å². The standard InChI is InChI=1S/C30H20BrNO/c31-23-17-9-7-15-21(23)27-25(19-11-3-1-4-12-19)30(33)26(20-13-5-2-6-14-20)28-22-16-8-10-18-24(22)32-29(27)28/h1-18,32-33H. The van der Waals surface area contributed by atoms with E-state index in [1.54, 1.807) is 0 Å². The second-order valence-electron chi connectivity index (χ2n) is 8.11. The fraction of sp³-hybridized carbons (Fsp3) is 0. The van der Waals surface area contributed by atoms with Crippen LogP contribution in [0, 0.1) is 0 Å². The molecular formula is C30H20BrNO. The summed E-state index contributed by atoms with van der Waals surface area (Å²) in [6.07, 6.45) is 0. The third kappa shape index (κ3) is 3.16. The fourth-order valence-corrected chi connectivity index (χ4v) is 5.26. The molecule has 0 fully saturated rings. The largest absolute Gasteiger partial charge is 0.507 e. The van der Waals surface area contributed by atoms with E-state index < -0.39 is 0 Å². The summed E-state index contributed by atoms with van der Waals surface area (Å²) in [6.45, 7) is 0. The summed E-state index contributed by atoms with van der Waals surface area (Å²) in [5, 5.41) is 14.1. The second kappa shape index (κ2) is 7.95. The Morgan fingerprint density at radius 1 is 0.576 bits per heavy atom. The maximum absolute atomic E-state index is 12.0. The average Bonchev–Trinajstić information content (AvgIpc) is 3.24. The van der Waals surface area contributed by atoms with Gasteiger partial charge in [0.15, 0.2) is 0 Å². The molecule has 3 heteroatoms. The van der Waals surface area contributed by atoms with Gasteiger partial charge < -0.3 is 10.1 Å². The minimum absolute atomic E-state index is 0.287. The van der Waals surface area contributed by atoms with Crippen LogP contribution in [0.1, 0.15) is 0 Å². The van der Waals surface area contributed by atoms with Gasteiger partial charge in [0.05, 0.1) is 5.52 Å². The first-order chi connectivity index (χ1) is 16.2. The van der Waals surface area contributed by atoms with Crippen LogP contribution in [0.15, 0.2) is 114 Å². The minimum atomic E-state index is 0.287. The van der Waals surface area contributed by atoms with Gasteiger partial charge in [-0.15, -0.1) is 0 Å². The Morgan fingerprint density at radius 2 is 1.15 bits per heavy atom. The summed E-state index contributed by atoms with van der Waals surface area (Å²) in [5.41, 5.74) is 7.69. The number of para-hydroxylation sites is 1. The van der Waals surface area contributed by atoms with Crippen molar-refractivity contribution in [3.05, 3.63) is 114 Å². The van der Waals surface area contributed by atoms with Gasteiger partial charge in [-0.1, -0.05) is 113 Å². The average molecular weight is 490 g/mol. The van der Waals surface area contributed by atoms with Crippen molar-refractivity contribution in [2.24, 2.45) is 0 Å². The number of halogens is 1. The molecule has 0 spiro atoms. The van der Waals surface area contributed by atoms with E-state index in [1.165, 1.54) is 0 Å². The first kappa shape index (κ1) is 19.8. The topological polar surface area (TPSA) is 36.0 Å². The van der Waals surface area contributed by atoms with Crippen LogP contribution in [-0.2, 0) is 0 Å². The molecule has 0 bridgehead atoms. The predicted octanol–water partition coefficient (Wildman–Crippen LogP) is 8.79. The molecule has 0 saturated heterocycles. The lowest BCUT2D eigenvalue weighted by Gasteiger charge is -2.19. The van der Waals surface area contributed by atoms with Crippen LogP contribution in [0.4, 0.5) is 0 Å². The zero-order valence-electron chi connectivity index (χ0n) is 17.7. The molecule has 0 amide bonds. The van der Waals surface area contributed by atoms with Crippen LogP contribution in [0.2, 0.25) is 0 Å². The van der Waals surface area contributed by atoms with Gasteiger partial charge in [0.2, 0.25) is 0 Å². The number of aromatic amines is 1. The fourth-order valence-electron chi connectivity index (χ4n) is 4.78. The van der Waals surface area contributed by atoms with Gasteiger partial charge in [0.25, 0.3) is 0 Å². The van der Waals surface area contributed by atoms with E-state index in [0.717, 1.165) is 59.7 Å². The number of benzene rings is 5. The molecule has 0 unspecified atom stereocenters. The van der Waals surface area contributed by atoms with E-state index in [4.69, 9.17) is 0 Å². The van der Waals surface area contributed by atoms with Crippen LogP contribution in [-0.4, -0.2) is 10.1 Å². The SMILES string of the molecule is Oc1c(-c2ccccc2)c(-c2ccccc2Br)c2[nH]c3ccccc3c2c1-c1ccccc1. The molecule has 33 heavy (non-hydrogen) atoms. The summed E-state index contributed by atoms with van der Waals surface area (Å²) in [4.78, 5) is 3.69. The van der Waals surface area contributed by atoms with E-state index in [2.05, 4.69) is 63.4 Å². The monoisotopic (exact) mass is 489 g/mol. The number of fused-ring (bicyclic) bond motifs is 3. The van der Waals surface area contributed by atoms with Gasteiger partial charge in [0, 0.05) is 37.5 Å². The minimum Gasteiger partial charge on any atom is -0.507 e. The lowest BCUT2D eigenvalue weighted by atomic mass is 9.86. The van der Waals surface area contributed by atoms with Crippen molar-refractivity contribution in [1.29, 1.82) is 0 Å². The molecule has 2 N–H and O–H groups in total. The summed E-state index contributed by atoms with van der Waals surface area (Å²) in [7, 11) is 0. The summed E-state index contributed by atoms with van der Waals surface area (Å²) in [6, 6.07) is 36.7. The Balaban J connectivity index is 1.90. The first-order valence-electron chi connectivity index (χ1n) is 10.9. The number of aromatic nitrogens is 1. The zero-order chi connectivity index (χ0) is 22.4. The molecule has 0 aliphatic carbocycles. The number of phenols is 1. The van der Waals surface area contributed by atoms with Crippen molar-refractivity contribution in [2.75, 3.05) is 0 Å². The van der Waals surface area contributed by atoms with Crippen molar-refractivity contribution < 1.29 is 5.11 Å². The molecule has 0 radical (unpaired) electrons. The highest BCUT2D eigenvalue weighted by Crippen LogP contribution is 2.52. The number of aromatic hydroxyl groups is 1. The Morgan fingerprint density at radius 3 is 1.85 bits per heavy atom. The Kier molecular flexibility index (Phi) is 4.78. The molecule has 6 aromatic rings. The molecule has 1 heterocycles. The molecule has 0 aliphatic rings. The van der Waals surface area contributed by atoms with Gasteiger partial charge in [-0.25, -0.2) is 0 Å². The van der Waals surface area contributed by atoms with Crippen molar-refractivity contribution in [3.63, 3.8) is 0 Å². The van der Waals surface area contributed by atoms with E-state index in [0.29, 0.717) is 0 Å². The smallest absolute Gasteiger partial charge is 0.132 e. The third-order valence-electron chi connectivity index (χ3n) is 6.20. The van der Waals surface area contributed by atoms with Crippen molar-refractivity contribution in [2.45, 2.75) is 0 Å². The van der Waals surface area contributed by atoms with Crippen LogP contribution in [0.3, 0.4) is 0 Å². The number of hydrogen-bond donors (Lipinski definition) is 2. The summed E-state index contributed by atoms with van der Waals surface area (Å²) >= 11 is 3.76. The van der Waals surface area contributed by atoms with E-state index in [1.807, 2.05) is 66.7 Å². The van der Waals surface area contributed by atoms with Gasteiger partial charge in [0.1, 0.15) is 5.75 Å². The van der Waals surface area contributed by atoms with Crippen molar-refractivity contribution in [3.8, 4) is 39.1 Å². The molecule has 0 saturated carbocycles. The van der Waals surface area contributed by atoms with Crippen molar-refractivity contribution in [1.82, 2.24) is 4.98 Å². The van der Waals surface area contributed by atoms with Gasteiger partial charge in [-0.05, 0) is 28.8 Å². The molecule has 0 aliphatic heterocycles. The van der Waals surface area contributed by atoms with E-state index >= 15 is 0 Å². The quantitative estimate of drug-likeness (QED) is 0.256. The third-order valence-corrected chi connectivity index (χ3v) is 6.89. The number of nitrogens with one attached hydrogen (secondary N) is 1. The molecule has 1 aromatic heterocycles. The lowest BCUT2D eigenvalue weighted by Crippen LogP contribution is -1.93. The van der Waals surface area contributed by atoms with Gasteiger partial charge in [-0.3, -0.25) is 0 Å².